The minimum absolute atomic E-state index is 0.539. The number of likely N-dealkylation sites (N-methyl/N-ethyl adjacent to an activating group) is 1. The summed E-state index contributed by atoms with van der Waals surface area (Å²) in [6.07, 6.45) is 4.88. The molecule has 152 valence electrons. The quantitative estimate of drug-likeness (QED) is 0.741. The average Bonchev–Trinajstić information content (AvgIpc) is 2.85. The van der Waals surface area contributed by atoms with Crippen LogP contribution >= 0.6 is 0 Å². The van der Waals surface area contributed by atoms with Crippen LogP contribution in [0.1, 0.15) is 37.4 Å². The van der Waals surface area contributed by atoms with Crippen molar-refractivity contribution in [2.75, 3.05) is 64.4 Å². The zero-order valence-electron chi connectivity index (χ0n) is 16.8. The lowest BCUT2D eigenvalue weighted by Crippen LogP contribution is -2.59. The third-order valence-corrected chi connectivity index (χ3v) is 6.64. The molecule has 2 aliphatic heterocycles. The zero-order valence-corrected chi connectivity index (χ0v) is 16.8. The molecule has 0 amide bonds. The molecular formula is C20H31N7O. The predicted molar refractivity (Wildman–Crippen MR) is 108 cm³/mol. The number of nitrogens with zero attached hydrogens (tertiary/aromatic N) is 7. The maximum atomic E-state index is 5.55. The summed E-state index contributed by atoms with van der Waals surface area (Å²) in [4.78, 5) is 7.40. The molecule has 0 atom stereocenters. The first-order chi connectivity index (χ1) is 13.8. The number of hydrogen-bond donors (Lipinski definition) is 0. The van der Waals surface area contributed by atoms with Crippen molar-refractivity contribution in [2.24, 2.45) is 0 Å². The third-order valence-electron chi connectivity index (χ3n) is 6.64. The molecule has 8 heteroatoms. The number of hydrogen-bond acceptors (Lipinski definition) is 7. The molecule has 4 heterocycles. The summed E-state index contributed by atoms with van der Waals surface area (Å²) >= 11 is 0. The number of fused-ring (bicyclic) bond motifs is 1. The van der Waals surface area contributed by atoms with Crippen LogP contribution in [0.5, 0.6) is 0 Å². The summed E-state index contributed by atoms with van der Waals surface area (Å²) < 4.78 is 7.52. The Bertz CT molecular complexity index is 791. The van der Waals surface area contributed by atoms with Crippen LogP contribution in [-0.2, 0) is 4.74 Å². The molecule has 8 nitrogen and oxygen atoms in total. The second-order valence-electron chi connectivity index (χ2n) is 8.49. The highest BCUT2D eigenvalue weighted by Gasteiger charge is 2.32. The summed E-state index contributed by atoms with van der Waals surface area (Å²) in [5.41, 5.74) is 0.862. The topological polar surface area (TPSA) is 62.0 Å². The Morgan fingerprint density at radius 2 is 2.00 bits per heavy atom. The van der Waals surface area contributed by atoms with Gasteiger partial charge < -0.3 is 9.64 Å². The molecule has 2 aromatic rings. The van der Waals surface area contributed by atoms with Crippen molar-refractivity contribution >= 4 is 11.5 Å². The van der Waals surface area contributed by atoms with Crippen LogP contribution in [0.3, 0.4) is 0 Å². The van der Waals surface area contributed by atoms with Crippen LogP contribution in [0.4, 0.5) is 5.82 Å². The third kappa shape index (κ3) is 3.60. The van der Waals surface area contributed by atoms with E-state index in [2.05, 4.69) is 44.1 Å². The minimum atomic E-state index is 0.539. The Morgan fingerprint density at radius 1 is 1.11 bits per heavy atom. The van der Waals surface area contributed by atoms with E-state index in [9.17, 15) is 0 Å². The van der Waals surface area contributed by atoms with Gasteiger partial charge in [-0.1, -0.05) is 6.42 Å². The van der Waals surface area contributed by atoms with E-state index in [1.807, 2.05) is 4.52 Å². The van der Waals surface area contributed by atoms with Gasteiger partial charge in [-0.05, 0) is 38.4 Å². The summed E-state index contributed by atoms with van der Waals surface area (Å²) in [7, 11) is 2.25. The SMILES string of the molecule is CN(CCN1CCCOCC1)C1CN(c2ccc3nnc(C4CCC4)n3n2)C1. The van der Waals surface area contributed by atoms with E-state index in [-0.39, 0.29) is 0 Å². The Morgan fingerprint density at radius 3 is 2.82 bits per heavy atom. The molecule has 3 aliphatic rings. The molecule has 1 saturated carbocycles. The number of ether oxygens (including phenoxy) is 1. The molecule has 0 aromatic carbocycles. The monoisotopic (exact) mass is 385 g/mol. The molecule has 2 aromatic heterocycles. The lowest BCUT2D eigenvalue weighted by atomic mass is 9.85. The zero-order chi connectivity index (χ0) is 18.9. The molecule has 28 heavy (non-hydrogen) atoms. The van der Waals surface area contributed by atoms with Gasteiger partial charge in [0.15, 0.2) is 11.5 Å². The molecule has 0 unspecified atom stereocenters. The summed E-state index contributed by atoms with van der Waals surface area (Å²) in [6.45, 7) is 8.34. The van der Waals surface area contributed by atoms with Crippen molar-refractivity contribution < 1.29 is 4.74 Å². The summed E-state index contributed by atoms with van der Waals surface area (Å²) in [5, 5.41) is 13.5. The molecule has 2 saturated heterocycles. The van der Waals surface area contributed by atoms with Gasteiger partial charge in [-0.25, -0.2) is 0 Å². The van der Waals surface area contributed by atoms with E-state index in [1.54, 1.807) is 0 Å². The van der Waals surface area contributed by atoms with Crippen LogP contribution in [0.2, 0.25) is 0 Å². The number of rotatable bonds is 6. The fourth-order valence-electron chi connectivity index (χ4n) is 4.31. The van der Waals surface area contributed by atoms with Crippen LogP contribution < -0.4 is 4.90 Å². The molecule has 3 fully saturated rings. The van der Waals surface area contributed by atoms with Crippen molar-refractivity contribution in [1.82, 2.24) is 29.6 Å². The normalized spacial score (nSPS) is 22.4. The lowest BCUT2D eigenvalue weighted by molar-refractivity contribution is 0.134. The van der Waals surface area contributed by atoms with E-state index in [4.69, 9.17) is 9.84 Å². The summed E-state index contributed by atoms with van der Waals surface area (Å²) in [6, 6.07) is 4.74. The molecule has 0 bridgehead atoms. The lowest BCUT2D eigenvalue weighted by Gasteiger charge is -2.45. The van der Waals surface area contributed by atoms with Crippen molar-refractivity contribution in [3.63, 3.8) is 0 Å². The number of aromatic nitrogens is 4. The Hall–Kier alpha value is -1.77. The smallest absolute Gasteiger partial charge is 0.178 e. The van der Waals surface area contributed by atoms with Gasteiger partial charge in [-0.3, -0.25) is 9.80 Å². The number of anilines is 1. The van der Waals surface area contributed by atoms with Crippen LogP contribution in [0.25, 0.3) is 5.65 Å². The van der Waals surface area contributed by atoms with Crippen molar-refractivity contribution in [2.45, 2.75) is 37.6 Å². The van der Waals surface area contributed by atoms with Gasteiger partial charge in [0, 0.05) is 57.8 Å². The highest BCUT2D eigenvalue weighted by Crippen LogP contribution is 2.35. The van der Waals surface area contributed by atoms with Crippen molar-refractivity contribution in [3.05, 3.63) is 18.0 Å². The van der Waals surface area contributed by atoms with Gasteiger partial charge in [0.1, 0.15) is 5.82 Å². The van der Waals surface area contributed by atoms with Crippen LogP contribution in [0.15, 0.2) is 12.1 Å². The molecule has 0 N–H and O–H groups in total. The second-order valence-corrected chi connectivity index (χ2v) is 8.49. The van der Waals surface area contributed by atoms with Crippen molar-refractivity contribution in [3.8, 4) is 0 Å². The molecule has 1 aliphatic carbocycles. The van der Waals surface area contributed by atoms with Crippen LogP contribution in [0, 0.1) is 0 Å². The summed E-state index contributed by atoms with van der Waals surface area (Å²) in [5.74, 6) is 2.62. The first kappa shape index (κ1) is 18.3. The van der Waals surface area contributed by atoms with E-state index in [1.165, 1.54) is 19.3 Å². The molecule has 0 radical (unpaired) electrons. The fourth-order valence-corrected chi connectivity index (χ4v) is 4.31. The van der Waals surface area contributed by atoms with Gasteiger partial charge in [0.2, 0.25) is 0 Å². The van der Waals surface area contributed by atoms with Gasteiger partial charge in [-0.15, -0.1) is 15.3 Å². The van der Waals surface area contributed by atoms with Gasteiger partial charge >= 0.3 is 0 Å². The van der Waals surface area contributed by atoms with Crippen LogP contribution in [-0.4, -0.2) is 95.2 Å². The Labute approximate surface area is 166 Å². The maximum absolute atomic E-state index is 5.55. The van der Waals surface area contributed by atoms with Gasteiger partial charge in [0.25, 0.3) is 0 Å². The average molecular weight is 386 g/mol. The second kappa shape index (κ2) is 7.93. The fraction of sp³-hybridized carbons (Fsp3) is 0.750. The minimum Gasteiger partial charge on any atom is -0.380 e. The predicted octanol–water partition coefficient (Wildman–Crippen LogP) is 1.23. The first-order valence-electron chi connectivity index (χ1n) is 10.8. The standard InChI is InChI=1S/C20H31N7O/c1-24(9-10-25-8-3-12-28-13-11-25)17-14-26(15-17)19-7-6-18-21-22-20(27(18)23-19)16-4-2-5-16/h6-7,16-17H,2-5,8-15H2,1H3. The van der Waals surface area contributed by atoms with E-state index < -0.39 is 0 Å². The van der Waals surface area contributed by atoms with Crippen molar-refractivity contribution in [1.29, 1.82) is 0 Å². The maximum Gasteiger partial charge on any atom is 0.178 e. The van der Waals surface area contributed by atoms with E-state index >= 15 is 0 Å². The van der Waals surface area contributed by atoms with E-state index in [0.29, 0.717) is 12.0 Å². The highest BCUT2D eigenvalue weighted by atomic mass is 16.5. The van der Waals surface area contributed by atoms with Gasteiger partial charge in [-0.2, -0.15) is 4.52 Å². The Balaban J connectivity index is 1.16. The van der Waals surface area contributed by atoms with E-state index in [0.717, 1.165) is 76.2 Å². The molecule has 5 rings (SSSR count). The highest BCUT2D eigenvalue weighted by molar-refractivity contribution is 5.48. The Kier molecular flexibility index (Phi) is 5.17. The molecular weight excluding hydrogens is 354 g/mol. The first-order valence-corrected chi connectivity index (χ1v) is 10.8. The largest absolute Gasteiger partial charge is 0.380 e. The van der Waals surface area contributed by atoms with Gasteiger partial charge in [0.05, 0.1) is 6.61 Å². The molecule has 0 spiro atoms.